The zero-order chi connectivity index (χ0) is 9.56. The second-order valence-electron chi connectivity index (χ2n) is 1.88. The van der Waals surface area contributed by atoms with E-state index in [2.05, 4.69) is 4.74 Å². The highest BCUT2D eigenvalue weighted by Gasteiger charge is 2.15. The quantitative estimate of drug-likeness (QED) is 0.313. The van der Waals surface area contributed by atoms with Gasteiger partial charge in [-0.2, -0.15) is 0 Å². The summed E-state index contributed by atoms with van der Waals surface area (Å²) in [5.74, 6) is -3.33. The van der Waals surface area contributed by atoms with Gasteiger partial charge in [0.2, 0.25) is 5.78 Å². The van der Waals surface area contributed by atoms with E-state index in [4.69, 9.17) is 10.2 Å². The fraction of sp³-hybridized carbons (Fsp3) is 0.500. The molecule has 0 aliphatic rings. The maximum atomic E-state index is 10.6. The number of aliphatic hydroxyl groups excluding tert-OH is 1. The number of carbonyl (C=O) groups excluding carboxylic acids is 2. The van der Waals surface area contributed by atoms with E-state index in [-0.39, 0.29) is 0 Å². The predicted molar refractivity (Wildman–Crippen MR) is 35.1 cm³/mol. The molecule has 0 rings (SSSR count). The molecule has 0 radical (unpaired) electrons. The van der Waals surface area contributed by atoms with Crippen molar-refractivity contribution in [1.82, 2.24) is 0 Å². The van der Waals surface area contributed by atoms with Crippen molar-refractivity contribution in [2.45, 2.75) is 12.8 Å². The van der Waals surface area contributed by atoms with E-state index in [9.17, 15) is 14.4 Å². The highest BCUT2D eigenvalue weighted by molar-refractivity contribution is 6.33. The van der Waals surface area contributed by atoms with Crippen LogP contribution >= 0.6 is 0 Å². The van der Waals surface area contributed by atoms with Crippen LogP contribution in [-0.4, -0.2) is 34.7 Å². The Morgan fingerprint density at radius 3 is 2.17 bits per heavy atom. The molecule has 0 aromatic heterocycles. The number of aliphatic hydroxyl groups is 1. The number of carboxylic acid groups (broad SMARTS) is 1. The minimum absolute atomic E-state index is 0.409. The van der Waals surface area contributed by atoms with E-state index in [1.807, 2.05) is 0 Å². The fourth-order valence-electron chi connectivity index (χ4n) is 0.462. The number of hydrogen-bond acceptors (Lipinski definition) is 5. The van der Waals surface area contributed by atoms with Crippen LogP contribution in [0.25, 0.3) is 0 Å². The highest BCUT2D eigenvalue weighted by atomic mass is 16.6. The Balaban J connectivity index is 3.72. The molecule has 0 amide bonds. The number of carboxylic acids is 1. The molecule has 0 aromatic carbocycles. The first-order chi connectivity index (χ1) is 5.57. The molecule has 0 fully saturated rings. The number of rotatable bonds is 5. The summed E-state index contributed by atoms with van der Waals surface area (Å²) in [7, 11) is 0. The fourth-order valence-corrected chi connectivity index (χ4v) is 0.462. The van der Waals surface area contributed by atoms with Crippen LogP contribution in [0.2, 0.25) is 0 Å². The van der Waals surface area contributed by atoms with Gasteiger partial charge in [0, 0.05) is 6.42 Å². The predicted octanol–water partition coefficient (Wildman–Crippen LogP) is -1.09. The van der Waals surface area contributed by atoms with E-state index in [1.165, 1.54) is 0 Å². The minimum atomic E-state index is -1.21. The molecule has 12 heavy (non-hydrogen) atoms. The molecular weight excluding hydrogens is 168 g/mol. The van der Waals surface area contributed by atoms with Crippen LogP contribution in [0.3, 0.4) is 0 Å². The van der Waals surface area contributed by atoms with Gasteiger partial charge in [0.25, 0.3) is 0 Å². The molecular formula is C6H8O6. The molecule has 0 bridgehead atoms. The molecule has 0 saturated carbocycles. The van der Waals surface area contributed by atoms with Gasteiger partial charge in [0.05, 0.1) is 6.42 Å². The van der Waals surface area contributed by atoms with Crippen molar-refractivity contribution in [2.75, 3.05) is 6.79 Å². The molecule has 6 nitrogen and oxygen atoms in total. The Morgan fingerprint density at radius 1 is 1.17 bits per heavy atom. The van der Waals surface area contributed by atoms with Crippen LogP contribution in [0, 0.1) is 0 Å². The molecule has 0 heterocycles. The van der Waals surface area contributed by atoms with Crippen molar-refractivity contribution < 1.29 is 29.3 Å². The van der Waals surface area contributed by atoms with Crippen LogP contribution in [0.15, 0.2) is 0 Å². The Bertz CT molecular complexity index is 196. The standard InChI is InChI=1S/C6H8O6/c7-3-12-6(11)4(8)1-2-5(9)10/h7H,1-3H2,(H,9,10). The highest BCUT2D eigenvalue weighted by Crippen LogP contribution is 1.92. The van der Waals surface area contributed by atoms with E-state index in [0.717, 1.165) is 0 Å². The summed E-state index contributed by atoms with van der Waals surface area (Å²) in [6.45, 7) is -0.877. The number of carbonyl (C=O) groups is 3. The number of esters is 1. The van der Waals surface area contributed by atoms with Gasteiger partial charge in [-0.05, 0) is 0 Å². The van der Waals surface area contributed by atoms with E-state index in [0.29, 0.717) is 0 Å². The van der Waals surface area contributed by atoms with Gasteiger partial charge in [0.15, 0.2) is 6.79 Å². The topological polar surface area (TPSA) is 101 Å². The Kier molecular flexibility index (Phi) is 4.62. The molecule has 0 atom stereocenters. The first-order valence-corrected chi connectivity index (χ1v) is 3.10. The molecule has 2 N–H and O–H groups in total. The van der Waals surface area contributed by atoms with Crippen molar-refractivity contribution in [1.29, 1.82) is 0 Å². The van der Waals surface area contributed by atoms with E-state index < -0.39 is 37.4 Å². The number of Topliss-reactive ketones (excluding diaryl/α,β-unsaturated/α-hetero) is 1. The van der Waals surface area contributed by atoms with Crippen LogP contribution in [-0.2, 0) is 19.1 Å². The van der Waals surface area contributed by atoms with Crippen molar-refractivity contribution in [3.63, 3.8) is 0 Å². The van der Waals surface area contributed by atoms with Crippen LogP contribution < -0.4 is 0 Å². The van der Waals surface area contributed by atoms with Gasteiger partial charge in [-0.1, -0.05) is 0 Å². The van der Waals surface area contributed by atoms with Gasteiger partial charge < -0.3 is 14.9 Å². The second kappa shape index (κ2) is 5.25. The zero-order valence-electron chi connectivity index (χ0n) is 6.15. The first kappa shape index (κ1) is 10.6. The Labute approximate surface area is 67.8 Å². The summed E-state index contributed by atoms with van der Waals surface area (Å²) in [4.78, 5) is 30.9. The SMILES string of the molecule is O=C(O)CCC(=O)C(=O)OCO. The molecule has 0 spiro atoms. The second-order valence-corrected chi connectivity index (χ2v) is 1.88. The third-order valence-electron chi connectivity index (χ3n) is 0.989. The van der Waals surface area contributed by atoms with E-state index >= 15 is 0 Å². The monoisotopic (exact) mass is 176 g/mol. The molecule has 0 aromatic rings. The van der Waals surface area contributed by atoms with Crippen molar-refractivity contribution in [2.24, 2.45) is 0 Å². The molecule has 0 aliphatic carbocycles. The number of ether oxygens (including phenoxy) is 1. The largest absolute Gasteiger partial charge is 0.481 e. The van der Waals surface area contributed by atoms with Crippen LogP contribution in [0.1, 0.15) is 12.8 Å². The summed E-state index contributed by atoms with van der Waals surface area (Å²) >= 11 is 0. The maximum absolute atomic E-state index is 10.6. The molecule has 0 unspecified atom stereocenters. The van der Waals surface area contributed by atoms with Crippen LogP contribution in [0.4, 0.5) is 0 Å². The third-order valence-corrected chi connectivity index (χ3v) is 0.989. The Morgan fingerprint density at radius 2 is 1.75 bits per heavy atom. The van der Waals surface area contributed by atoms with Crippen LogP contribution in [0.5, 0.6) is 0 Å². The minimum Gasteiger partial charge on any atom is -0.481 e. The lowest BCUT2D eigenvalue weighted by Gasteiger charge is -1.97. The van der Waals surface area contributed by atoms with Crippen molar-refractivity contribution >= 4 is 17.7 Å². The number of hydrogen-bond donors (Lipinski definition) is 2. The van der Waals surface area contributed by atoms with Crippen molar-refractivity contribution in [3.05, 3.63) is 0 Å². The van der Waals surface area contributed by atoms with Gasteiger partial charge in [-0.15, -0.1) is 0 Å². The summed E-state index contributed by atoms with van der Waals surface area (Å²) in [5.41, 5.74) is 0. The number of aliphatic carboxylic acids is 1. The Hall–Kier alpha value is -1.43. The van der Waals surface area contributed by atoms with Gasteiger partial charge >= 0.3 is 11.9 Å². The summed E-state index contributed by atoms with van der Waals surface area (Å²) in [6, 6.07) is 0. The molecule has 0 aliphatic heterocycles. The third kappa shape index (κ3) is 4.40. The lowest BCUT2D eigenvalue weighted by atomic mass is 10.2. The smallest absolute Gasteiger partial charge is 0.376 e. The summed E-state index contributed by atoms with van der Waals surface area (Å²) in [5, 5.41) is 16.2. The van der Waals surface area contributed by atoms with Gasteiger partial charge in [-0.25, -0.2) is 4.79 Å². The molecule has 0 saturated heterocycles. The lowest BCUT2D eigenvalue weighted by Crippen LogP contribution is -2.18. The van der Waals surface area contributed by atoms with E-state index in [1.54, 1.807) is 0 Å². The van der Waals surface area contributed by atoms with Gasteiger partial charge in [-0.3, -0.25) is 9.59 Å². The van der Waals surface area contributed by atoms with Crippen molar-refractivity contribution in [3.8, 4) is 0 Å². The average Bonchev–Trinajstić information content (AvgIpc) is 2.00. The first-order valence-electron chi connectivity index (χ1n) is 3.10. The maximum Gasteiger partial charge on any atom is 0.376 e. The normalized spacial score (nSPS) is 9.08. The zero-order valence-corrected chi connectivity index (χ0v) is 6.15. The molecule has 68 valence electrons. The lowest BCUT2D eigenvalue weighted by molar-refractivity contribution is -0.160. The molecule has 6 heteroatoms. The summed E-state index contributed by atoms with van der Waals surface area (Å²) in [6.07, 6.45) is -0.826. The number of ketones is 1. The average molecular weight is 176 g/mol. The summed E-state index contributed by atoms with van der Waals surface area (Å²) < 4.78 is 3.91. The van der Waals surface area contributed by atoms with Gasteiger partial charge in [0.1, 0.15) is 0 Å².